The van der Waals surface area contributed by atoms with E-state index < -0.39 is 11.9 Å². The molecule has 6 nitrogen and oxygen atoms in total. The summed E-state index contributed by atoms with van der Waals surface area (Å²) in [6.45, 7) is 1.39. The zero-order valence-corrected chi connectivity index (χ0v) is 9.60. The summed E-state index contributed by atoms with van der Waals surface area (Å²) in [5.41, 5.74) is 1.09. The second-order valence-corrected chi connectivity index (χ2v) is 3.40. The second kappa shape index (κ2) is 6.19. The van der Waals surface area contributed by atoms with E-state index in [-0.39, 0.29) is 5.91 Å². The van der Waals surface area contributed by atoms with Gasteiger partial charge in [0.15, 0.2) is 0 Å². The van der Waals surface area contributed by atoms with E-state index in [1.807, 2.05) is 0 Å². The van der Waals surface area contributed by atoms with Gasteiger partial charge in [0.05, 0.1) is 5.97 Å². The van der Waals surface area contributed by atoms with E-state index in [2.05, 4.69) is 10.6 Å². The van der Waals surface area contributed by atoms with Gasteiger partial charge in [0.2, 0.25) is 11.8 Å². The van der Waals surface area contributed by atoms with E-state index >= 15 is 0 Å². The maximum absolute atomic E-state index is 11.2. The Kier molecular flexibility index (Phi) is 4.62. The maximum Gasteiger partial charge on any atom is 0.248 e. The molecule has 0 aliphatic heterocycles. The van der Waals surface area contributed by atoms with Crippen molar-refractivity contribution in [3.8, 4) is 0 Å². The van der Waals surface area contributed by atoms with Gasteiger partial charge in [-0.25, -0.2) is 0 Å². The summed E-state index contributed by atoms with van der Waals surface area (Å²) in [6.07, 6.45) is 1.50. The van der Waals surface area contributed by atoms with E-state index in [9.17, 15) is 19.5 Å². The molecule has 0 aromatic heterocycles. The molecule has 1 aromatic rings. The van der Waals surface area contributed by atoms with Crippen LogP contribution >= 0.6 is 0 Å². The number of rotatable bonds is 4. The summed E-state index contributed by atoms with van der Waals surface area (Å²) in [7, 11) is 0. The van der Waals surface area contributed by atoms with Crippen molar-refractivity contribution in [2.75, 3.05) is 10.6 Å². The van der Waals surface area contributed by atoms with Crippen LogP contribution in [-0.2, 0) is 14.4 Å². The first-order valence-corrected chi connectivity index (χ1v) is 5.05. The number of carbonyl (C=O) groups is 3. The first kappa shape index (κ1) is 13.4. The molecule has 0 bridgehead atoms. The molecule has 0 radical (unpaired) electrons. The molecule has 0 atom stereocenters. The zero-order chi connectivity index (χ0) is 13.5. The normalized spacial score (nSPS) is 10.1. The van der Waals surface area contributed by atoms with E-state index in [0.29, 0.717) is 17.5 Å². The summed E-state index contributed by atoms with van der Waals surface area (Å²) >= 11 is 0. The molecule has 0 fully saturated rings. The highest BCUT2D eigenvalue weighted by atomic mass is 16.4. The zero-order valence-electron chi connectivity index (χ0n) is 9.60. The lowest BCUT2D eigenvalue weighted by Crippen LogP contribution is -2.20. The molecule has 0 saturated carbocycles. The van der Waals surface area contributed by atoms with Crippen LogP contribution in [0.5, 0.6) is 0 Å². The van der Waals surface area contributed by atoms with Gasteiger partial charge in [0.25, 0.3) is 0 Å². The molecule has 0 spiro atoms. The number of carbonyl (C=O) groups excluding carboxylic acids is 3. The number of carboxylic acids is 1. The smallest absolute Gasteiger partial charge is 0.248 e. The van der Waals surface area contributed by atoms with Crippen molar-refractivity contribution in [1.82, 2.24) is 0 Å². The molecule has 0 unspecified atom stereocenters. The van der Waals surface area contributed by atoms with Crippen molar-refractivity contribution < 1.29 is 19.5 Å². The van der Waals surface area contributed by atoms with Crippen molar-refractivity contribution in [3.63, 3.8) is 0 Å². The lowest BCUT2D eigenvalue weighted by Gasteiger charge is -2.05. The van der Waals surface area contributed by atoms with Gasteiger partial charge in [-0.3, -0.25) is 9.59 Å². The maximum atomic E-state index is 11.2. The molecule has 1 rings (SSSR count). The molecule has 2 amide bonds. The standard InChI is InChI=1S/C12H12N2O4/c1-8(15)13-9-2-4-10(5-3-9)14-11(16)6-7-12(17)18/h2-7H,1H3,(H,13,15)(H,14,16)(H,17,18)/p-1. The number of nitrogens with one attached hydrogen (secondary N) is 2. The molecule has 0 aliphatic carbocycles. The van der Waals surface area contributed by atoms with Gasteiger partial charge < -0.3 is 20.5 Å². The number of anilines is 2. The first-order valence-electron chi connectivity index (χ1n) is 5.05. The Morgan fingerprint density at radius 2 is 1.50 bits per heavy atom. The third-order valence-corrected chi connectivity index (χ3v) is 1.84. The Labute approximate surface area is 103 Å². The quantitative estimate of drug-likeness (QED) is 0.725. The van der Waals surface area contributed by atoms with Crippen molar-refractivity contribution in [1.29, 1.82) is 0 Å². The number of carboxylic acid groups (broad SMARTS) is 1. The third-order valence-electron chi connectivity index (χ3n) is 1.84. The van der Waals surface area contributed by atoms with E-state index in [1.54, 1.807) is 24.3 Å². The Balaban J connectivity index is 2.61. The van der Waals surface area contributed by atoms with Crippen molar-refractivity contribution in [2.45, 2.75) is 6.92 Å². The SMILES string of the molecule is CC(=O)Nc1ccc(NC(=O)C=CC(=O)[O-])cc1. The van der Waals surface area contributed by atoms with Crippen LogP contribution < -0.4 is 15.7 Å². The minimum atomic E-state index is -1.44. The molecular formula is C12H11N2O4-. The van der Waals surface area contributed by atoms with Crippen LogP contribution in [0.2, 0.25) is 0 Å². The number of amides is 2. The minimum absolute atomic E-state index is 0.191. The summed E-state index contributed by atoms with van der Waals surface area (Å²) in [4.78, 5) is 32.1. The monoisotopic (exact) mass is 247 g/mol. The highest BCUT2D eigenvalue weighted by molar-refractivity contribution is 6.02. The Bertz CT molecular complexity index is 491. The van der Waals surface area contributed by atoms with Crippen molar-refractivity contribution in [2.24, 2.45) is 0 Å². The topological polar surface area (TPSA) is 98.3 Å². The fraction of sp³-hybridized carbons (Fsp3) is 0.0833. The molecular weight excluding hydrogens is 236 g/mol. The van der Waals surface area contributed by atoms with Gasteiger partial charge in [0.1, 0.15) is 0 Å². The van der Waals surface area contributed by atoms with Crippen LogP contribution in [0.4, 0.5) is 11.4 Å². The fourth-order valence-electron chi connectivity index (χ4n) is 1.17. The van der Waals surface area contributed by atoms with E-state index in [1.165, 1.54) is 6.92 Å². The van der Waals surface area contributed by atoms with Crippen molar-refractivity contribution >= 4 is 29.2 Å². The first-order chi connectivity index (χ1) is 8.47. The summed E-state index contributed by atoms with van der Waals surface area (Å²) in [6, 6.07) is 6.38. The molecule has 18 heavy (non-hydrogen) atoms. The molecule has 2 N–H and O–H groups in total. The van der Waals surface area contributed by atoms with Crippen LogP contribution in [0, 0.1) is 0 Å². The number of hydrogen-bond donors (Lipinski definition) is 2. The van der Waals surface area contributed by atoms with Crippen LogP contribution in [0.15, 0.2) is 36.4 Å². The highest BCUT2D eigenvalue weighted by Gasteiger charge is 1.99. The number of aliphatic carboxylic acids is 1. The largest absolute Gasteiger partial charge is 0.545 e. The lowest BCUT2D eigenvalue weighted by atomic mass is 10.2. The third kappa shape index (κ3) is 4.93. The van der Waals surface area contributed by atoms with Gasteiger partial charge in [-0.2, -0.15) is 0 Å². The van der Waals surface area contributed by atoms with Gasteiger partial charge >= 0.3 is 0 Å². The van der Waals surface area contributed by atoms with Gasteiger partial charge in [-0.15, -0.1) is 0 Å². The average molecular weight is 247 g/mol. The molecule has 94 valence electrons. The summed E-state index contributed by atoms with van der Waals surface area (Å²) < 4.78 is 0. The Hall–Kier alpha value is -2.63. The summed E-state index contributed by atoms with van der Waals surface area (Å²) in [5, 5.41) is 15.1. The Morgan fingerprint density at radius 1 is 1.00 bits per heavy atom. The lowest BCUT2D eigenvalue weighted by molar-refractivity contribution is -0.297. The molecule has 0 heterocycles. The van der Waals surface area contributed by atoms with Crippen LogP contribution in [0.3, 0.4) is 0 Å². The fourth-order valence-corrected chi connectivity index (χ4v) is 1.17. The molecule has 1 aromatic carbocycles. The highest BCUT2D eigenvalue weighted by Crippen LogP contribution is 2.13. The second-order valence-electron chi connectivity index (χ2n) is 3.40. The summed E-state index contributed by atoms with van der Waals surface area (Å²) in [5.74, 6) is -2.21. The molecule has 0 saturated heterocycles. The van der Waals surface area contributed by atoms with Crippen LogP contribution in [0.1, 0.15) is 6.92 Å². The van der Waals surface area contributed by atoms with Crippen molar-refractivity contribution in [3.05, 3.63) is 36.4 Å². The van der Waals surface area contributed by atoms with E-state index in [0.717, 1.165) is 6.08 Å². The minimum Gasteiger partial charge on any atom is -0.545 e. The number of hydrogen-bond acceptors (Lipinski definition) is 4. The van der Waals surface area contributed by atoms with Gasteiger partial charge in [-0.1, -0.05) is 0 Å². The van der Waals surface area contributed by atoms with E-state index in [4.69, 9.17) is 0 Å². The van der Waals surface area contributed by atoms with Gasteiger partial charge in [-0.05, 0) is 30.3 Å². The molecule has 6 heteroatoms. The Morgan fingerprint density at radius 3 is 1.94 bits per heavy atom. The predicted octanol–water partition coefficient (Wildman–Crippen LogP) is -0.110. The molecule has 0 aliphatic rings. The number of benzene rings is 1. The van der Waals surface area contributed by atoms with Gasteiger partial charge in [0, 0.05) is 24.4 Å². The van der Waals surface area contributed by atoms with Crippen LogP contribution in [0.25, 0.3) is 0 Å². The average Bonchev–Trinajstić information content (AvgIpc) is 2.28. The van der Waals surface area contributed by atoms with Crippen LogP contribution in [-0.4, -0.2) is 17.8 Å². The predicted molar refractivity (Wildman–Crippen MR) is 63.5 cm³/mol.